The molecule has 2 atom stereocenters. The van der Waals surface area contributed by atoms with Crippen LogP contribution in [0.25, 0.3) is 0 Å². The van der Waals surface area contributed by atoms with Crippen molar-refractivity contribution < 1.29 is 14.3 Å². The predicted octanol–water partition coefficient (Wildman–Crippen LogP) is 9.49. The molecular weight excluding hydrogens is 516 g/mol. The Morgan fingerprint density at radius 3 is 1.36 bits per heavy atom. The molecule has 3 aromatic carbocycles. The zero-order valence-corrected chi connectivity index (χ0v) is 25.9. The molecule has 2 unspecified atom stereocenters. The molecule has 0 radical (unpaired) electrons. The average molecular weight is 563 g/mol. The van der Waals surface area contributed by atoms with Crippen molar-refractivity contribution in [3.63, 3.8) is 0 Å². The molecule has 0 saturated carbocycles. The molecule has 0 bridgehead atoms. The smallest absolute Gasteiger partial charge is 0.150 e. The van der Waals surface area contributed by atoms with E-state index in [0.29, 0.717) is 17.4 Å². The van der Waals surface area contributed by atoms with Crippen LogP contribution in [-0.4, -0.2) is 19.5 Å². The second kappa shape index (κ2) is 18.5. The zero-order chi connectivity index (χ0) is 30.0. The molecule has 3 aromatic rings. The van der Waals surface area contributed by atoms with E-state index in [-0.39, 0.29) is 0 Å². The fourth-order valence-electron chi connectivity index (χ4n) is 4.65. The van der Waals surface area contributed by atoms with Crippen molar-refractivity contribution in [3.8, 4) is 35.2 Å². The lowest BCUT2D eigenvalue weighted by atomic mass is 10.0. The van der Waals surface area contributed by atoms with E-state index in [4.69, 9.17) is 9.47 Å². The molecule has 3 heteroatoms. The van der Waals surface area contributed by atoms with Gasteiger partial charge in [0.15, 0.2) is 0 Å². The lowest BCUT2D eigenvalue weighted by Crippen LogP contribution is -2.11. The molecule has 3 nitrogen and oxygen atoms in total. The third-order valence-electron chi connectivity index (χ3n) is 7.56. The Morgan fingerprint density at radius 1 is 0.595 bits per heavy atom. The minimum Gasteiger partial charge on any atom is -0.493 e. The van der Waals surface area contributed by atoms with Crippen molar-refractivity contribution >= 4 is 6.29 Å². The van der Waals surface area contributed by atoms with Crippen LogP contribution in [0.5, 0.6) is 11.5 Å². The van der Waals surface area contributed by atoms with Crippen LogP contribution in [0.3, 0.4) is 0 Å². The molecule has 0 aliphatic rings. The van der Waals surface area contributed by atoms with Gasteiger partial charge in [-0.15, -0.1) is 0 Å². The van der Waals surface area contributed by atoms with Crippen molar-refractivity contribution in [3.05, 3.63) is 94.5 Å². The second-order valence-corrected chi connectivity index (χ2v) is 11.0. The highest BCUT2D eigenvalue weighted by Gasteiger charge is 2.08. The third kappa shape index (κ3) is 11.5. The van der Waals surface area contributed by atoms with Gasteiger partial charge in [0.25, 0.3) is 0 Å². The molecule has 0 amide bonds. The fraction of sp³-hybridized carbons (Fsp3) is 0.410. The summed E-state index contributed by atoms with van der Waals surface area (Å²) in [5.41, 5.74) is 3.84. The number of rotatable bonds is 15. The highest BCUT2D eigenvalue weighted by Crippen LogP contribution is 2.19. The second-order valence-electron chi connectivity index (χ2n) is 11.0. The Kier molecular flexibility index (Phi) is 14.3. The largest absolute Gasteiger partial charge is 0.493 e. The molecule has 3 rings (SSSR count). The summed E-state index contributed by atoms with van der Waals surface area (Å²) in [4.78, 5) is 11.6. The lowest BCUT2D eigenvalue weighted by Gasteiger charge is -2.15. The summed E-state index contributed by atoms with van der Waals surface area (Å²) in [6, 6.07) is 21.3. The summed E-state index contributed by atoms with van der Waals surface area (Å²) in [6.45, 7) is 10.4. The first-order chi connectivity index (χ1) is 20.6. The number of hydrogen-bond acceptors (Lipinski definition) is 3. The Bertz CT molecular complexity index is 1250. The molecule has 220 valence electrons. The van der Waals surface area contributed by atoms with E-state index >= 15 is 0 Å². The van der Waals surface area contributed by atoms with Gasteiger partial charge in [0, 0.05) is 27.8 Å². The van der Waals surface area contributed by atoms with Crippen LogP contribution in [0.15, 0.2) is 66.7 Å². The average Bonchev–Trinajstić information content (AvgIpc) is 3.04. The van der Waals surface area contributed by atoms with Crippen molar-refractivity contribution in [1.82, 2.24) is 0 Å². The van der Waals surface area contributed by atoms with Gasteiger partial charge in [-0.1, -0.05) is 89.9 Å². The predicted molar refractivity (Wildman–Crippen MR) is 174 cm³/mol. The number of hydrogen-bond donors (Lipinski definition) is 0. The number of aldehydes is 1. The van der Waals surface area contributed by atoms with Gasteiger partial charge in [0.2, 0.25) is 0 Å². The summed E-state index contributed by atoms with van der Waals surface area (Å²) in [7, 11) is 0. The molecule has 0 heterocycles. The number of benzene rings is 3. The molecule has 0 spiro atoms. The molecule has 0 aromatic heterocycles. The van der Waals surface area contributed by atoms with E-state index in [9.17, 15) is 4.79 Å². The first-order valence-corrected chi connectivity index (χ1v) is 15.7. The van der Waals surface area contributed by atoms with Crippen molar-refractivity contribution in [2.24, 2.45) is 11.8 Å². The summed E-state index contributed by atoms with van der Waals surface area (Å²) in [6.07, 6.45) is 10.5. The van der Waals surface area contributed by atoms with E-state index < -0.39 is 0 Å². The topological polar surface area (TPSA) is 35.5 Å². The summed E-state index contributed by atoms with van der Waals surface area (Å²) in [5.74, 6) is 15.7. The number of ether oxygens (including phenoxy) is 2. The van der Waals surface area contributed by atoms with Crippen LogP contribution in [0.1, 0.15) is 112 Å². The Balaban J connectivity index is 1.63. The Hall–Kier alpha value is -3.95. The van der Waals surface area contributed by atoms with E-state index in [2.05, 4.69) is 51.4 Å². The van der Waals surface area contributed by atoms with Gasteiger partial charge in [-0.05, 0) is 91.4 Å². The van der Waals surface area contributed by atoms with Crippen LogP contribution in [0.2, 0.25) is 0 Å². The molecule has 0 aliphatic carbocycles. The van der Waals surface area contributed by atoms with Gasteiger partial charge in [-0.25, -0.2) is 0 Å². The van der Waals surface area contributed by atoms with E-state index in [0.717, 1.165) is 66.1 Å². The van der Waals surface area contributed by atoms with Crippen LogP contribution in [0, 0.1) is 35.5 Å². The normalized spacial score (nSPS) is 11.8. The van der Waals surface area contributed by atoms with Gasteiger partial charge >= 0.3 is 0 Å². The first kappa shape index (κ1) is 32.6. The van der Waals surface area contributed by atoms with E-state index in [1.54, 1.807) is 12.1 Å². The molecule has 0 aliphatic heterocycles. The van der Waals surface area contributed by atoms with E-state index in [1.165, 1.54) is 38.5 Å². The minimum atomic E-state index is 0.556. The quantitative estimate of drug-likeness (QED) is 0.137. The maximum Gasteiger partial charge on any atom is 0.150 e. The summed E-state index contributed by atoms with van der Waals surface area (Å²) < 4.78 is 12.0. The van der Waals surface area contributed by atoms with Crippen LogP contribution < -0.4 is 9.47 Å². The number of unbranched alkanes of at least 4 members (excludes halogenated alkanes) is 2. The Morgan fingerprint density at radius 2 is 1.00 bits per heavy atom. The van der Waals surface area contributed by atoms with Gasteiger partial charge in [-0.3, -0.25) is 4.79 Å². The standard InChI is InChI=1S/C39H46O3/c1-5-9-11-31(7-3)29-41-38-21-17-33(18-22-38)13-15-35-25-36(27-37(26-35)28-40)16-14-34-19-23-39(24-20-34)42-30-32(8-4)12-10-6-2/h17-28,31-32H,5-12,29-30H2,1-4H3. The fourth-order valence-corrected chi connectivity index (χ4v) is 4.65. The van der Waals surface area contributed by atoms with Crippen LogP contribution in [0.4, 0.5) is 0 Å². The summed E-state index contributed by atoms with van der Waals surface area (Å²) in [5, 5.41) is 0. The molecule has 0 saturated heterocycles. The maximum atomic E-state index is 11.6. The minimum absolute atomic E-state index is 0.556. The lowest BCUT2D eigenvalue weighted by molar-refractivity contribution is 0.112. The van der Waals surface area contributed by atoms with Crippen molar-refractivity contribution in [1.29, 1.82) is 0 Å². The van der Waals surface area contributed by atoms with Gasteiger partial charge in [-0.2, -0.15) is 0 Å². The van der Waals surface area contributed by atoms with Crippen LogP contribution >= 0.6 is 0 Å². The SMILES string of the molecule is CCCCC(CC)COc1ccc(C#Cc2cc(C#Cc3ccc(OCC(CC)CCCC)cc3)cc(C=O)c2)cc1. The first-order valence-electron chi connectivity index (χ1n) is 15.7. The van der Waals surface area contributed by atoms with Crippen LogP contribution in [-0.2, 0) is 0 Å². The van der Waals surface area contributed by atoms with Gasteiger partial charge < -0.3 is 9.47 Å². The summed E-state index contributed by atoms with van der Waals surface area (Å²) >= 11 is 0. The highest BCUT2D eigenvalue weighted by molar-refractivity contribution is 5.77. The number of carbonyl (C=O) groups excluding carboxylic acids is 1. The van der Waals surface area contributed by atoms with Crippen molar-refractivity contribution in [2.45, 2.75) is 79.1 Å². The zero-order valence-electron chi connectivity index (χ0n) is 25.9. The van der Waals surface area contributed by atoms with Gasteiger partial charge in [0.05, 0.1) is 13.2 Å². The molecule has 42 heavy (non-hydrogen) atoms. The molecule has 0 N–H and O–H groups in total. The van der Waals surface area contributed by atoms with Crippen molar-refractivity contribution in [2.75, 3.05) is 13.2 Å². The Labute approximate surface area is 254 Å². The monoisotopic (exact) mass is 562 g/mol. The number of carbonyl (C=O) groups is 1. The third-order valence-corrected chi connectivity index (χ3v) is 7.56. The molecule has 0 fully saturated rings. The maximum absolute atomic E-state index is 11.6. The highest BCUT2D eigenvalue weighted by atomic mass is 16.5. The molecular formula is C39H46O3. The van der Waals surface area contributed by atoms with E-state index in [1.807, 2.05) is 54.6 Å². The van der Waals surface area contributed by atoms with Gasteiger partial charge in [0.1, 0.15) is 17.8 Å².